The maximum atomic E-state index is 13.1. The molecule has 7 heteroatoms. The molecule has 5 heterocycles. The van der Waals surface area contributed by atoms with Crippen molar-refractivity contribution in [3.05, 3.63) is 81.4 Å². The number of imidazole rings is 1. The number of aryl methyl sites for hydroxylation is 2. The number of anilines is 1. The summed E-state index contributed by atoms with van der Waals surface area (Å²) in [5.41, 5.74) is 8.28. The molecule has 1 fully saturated rings. The number of piperazine rings is 1. The lowest BCUT2D eigenvalue weighted by Gasteiger charge is -2.34. The summed E-state index contributed by atoms with van der Waals surface area (Å²) in [5, 5.41) is 0. The molecule has 1 saturated heterocycles. The van der Waals surface area contributed by atoms with Crippen LogP contribution >= 0.6 is 0 Å². The zero-order valence-corrected chi connectivity index (χ0v) is 23.4. The van der Waals surface area contributed by atoms with Crippen LogP contribution in [0.25, 0.3) is 16.6 Å². The number of aromatic nitrogens is 4. The summed E-state index contributed by atoms with van der Waals surface area (Å²) in [4.78, 5) is 30.6. The molecular formula is C31H40N6O. The van der Waals surface area contributed by atoms with Crippen molar-refractivity contribution >= 4 is 11.3 Å². The summed E-state index contributed by atoms with van der Waals surface area (Å²) in [6.07, 6.45) is 6.34. The van der Waals surface area contributed by atoms with E-state index in [1.165, 1.54) is 0 Å². The summed E-state index contributed by atoms with van der Waals surface area (Å²) >= 11 is 0. The maximum Gasteiger partial charge on any atom is 0.251 e. The highest BCUT2D eigenvalue weighted by Gasteiger charge is 2.19. The van der Waals surface area contributed by atoms with E-state index >= 15 is 0 Å². The van der Waals surface area contributed by atoms with Crippen LogP contribution in [-0.4, -0.2) is 57.0 Å². The molecule has 1 N–H and O–H groups in total. The van der Waals surface area contributed by atoms with Crippen LogP contribution in [0.3, 0.4) is 0 Å². The van der Waals surface area contributed by atoms with E-state index in [0.717, 1.165) is 96.2 Å². The number of likely N-dealkylation sites (N-methyl/N-ethyl adjacent to an activating group) is 1. The molecule has 0 bridgehead atoms. The van der Waals surface area contributed by atoms with Gasteiger partial charge in [-0.25, -0.2) is 9.97 Å². The number of hydrogen-bond acceptors (Lipinski definition) is 5. The van der Waals surface area contributed by atoms with Gasteiger partial charge in [-0.15, -0.1) is 0 Å². The van der Waals surface area contributed by atoms with Crippen molar-refractivity contribution < 1.29 is 0 Å². The molecule has 0 aliphatic carbocycles. The third-order valence-electron chi connectivity index (χ3n) is 7.77. The van der Waals surface area contributed by atoms with E-state index in [4.69, 9.17) is 9.97 Å². The first-order valence-corrected chi connectivity index (χ1v) is 14.0. The van der Waals surface area contributed by atoms with Gasteiger partial charge in [-0.3, -0.25) is 4.79 Å². The lowest BCUT2D eigenvalue weighted by atomic mass is 9.98. The van der Waals surface area contributed by atoms with Gasteiger partial charge in [0.1, 0.15) is 5.82 Å². The molecule has 1 aliphatic rings. The summed E-state index contributed by atoms with van der Waals surface area (Å²) in [7, 11) is 0. The average molecular weight is 513 g/mol. The quantitative estimate of drug-likeness (QED) is 0.351. The van der Waals surface area contributed by atoms with Gasteiger partial charge in [-0.2, -0.15) is 0 Å². The van der Waals surface area contributed by atoms with E-state index in [9.17, 15) is 4.79 Å². The number of rotatable bonds is 8. The Morgan fingerprint density at radius 3 is 2.45 bits per heavy atom. The first-order valence-electron chi connectivity index (χ1n) is 14.0. The van der Waals surface area contributed by atoms with Crippen molar-refractivity contribution in [3.8, 4) is 11.1 Å². The molecular weight excluding hydrogens is 472 g/mol. The maximum absolute atomic E-state index is 13.1. The Morgan fingerprint density at radius 1 is 1.00 bits per heavy atom. The van der Waals surface area contributed by atoms with Gasteiger partial charge in [0.2, 0.25) is 0 Å². The Kier molecular flexibility index (Phi) is 7.65. The predicted molar refractivity (Wildman–Crippen MR) is 155 cm³/mol. The molecule has 1 aliphatic heterocycles. The van der Waals surface area contributed by atoms with Gasteiger partial charge in [-0.05, 0) is 67.3 Å². The van der Waals surface area contributed by atoms with Crippen LogP contribution in [0.1, 0.15) is 68.2 Å². The fourth-order valence-corrected chi connectivity index (χ4v) is 5.62. The van der Waals surface area contributed by atoms with Crippen LogP contribution < -0.4 is 10.5 Å². The third kappa shape index (κ3) is 5.25. The molecule has 0 unspecified atom stereocenters. The Balaban J connectivity index is 1.54. The number of H-pyrrole nitrogens is 1. The van der Waals surface area contributed by atoms with Crippen molar-refractivity contribution in [2.45, 2.75) is 59.8 Å². The minimum atomic E-state index is 0.00499. The third-order valence-corrected chi connectivity index (χ3v) is 7.77. The number of fused-ring (bicyclic) bond motifs is 1. The Hall–Kier alpha value is -3.45. The highest BCUT2D eigenvalue weighted by atomic mass is 16.1. The molecule has 7 nitrogen and oxygen atoms in total. The Bertz CT molecular complexity index is 1460. The first kappa shape index (κ1) is 26.2. The van der Waals surface area contributed by atoms with Crippen molar-refractivity contribution in [1.29, 1.82) is 0 Å². The molecule has 0 saturated carbocycles. The number of pyridine rings is 3. The number of nitrogens with zero attached hydrogens (tertiary/aromatic N) is 5. The monoisotopic (exact) mass is 512 g/mol. The van der Waals surface area contributed by atoms with Gasteiger partial charge in [0.25, 0.3) is 5.56 Å². The molecule has 0 radical (unpaired) electrons. The zero-order chi connectivity index (χ0) is 26.8. The Morgan fingerprint density at radius 2 is 1.79 bits per heavy atom. The van der Waals surface area contributed by atoms with Crippen molar-refractivity contribution in [2.24, 2.45) is 0 Å². The van der Waals surface area contributed by atoms with E-state index in [2.05, 4.69) is 77.2 Å². The molecule has 200 valence electrons. The highest BCUT2D eigenvalue weighted by Crippen LogP contribution is 2.29. The number of aromatic amines is 1. The molecule has 4 aromatic heterocycles. The minimum absolute atomic E-state index is 0.00499. The van der Waals surface area contributed by atoms with E-state index in [1.807, 2.05) is 19.4 Å². The van der Waals surface area contributed by atoms with Gasteiger partial charge in [0.05, 0.1) is 17.5 Å². The van der Waals surface area contributed by atoms with E-state index in [0.29, 0.717) is 12.3 Å². The summed E-state index contributed by atoms with van der Waals surface area (Å²) < 4.78 is 2.16. The second-order valence-electron chi connectivity index (χ2n) is 10.8. The Labute approximate surface area is 225 Å². The number of nitrogens with one attached hydrogen (secondary N) is 1. The largest absolute Gasteiger partial charge is 0.354 e. The average Bonchev–Trinajstić information content (AvgIpc) is 3.35. The van der Waals surface area contributed by atoms with Gasteiger partial charge >= 0.3 is 0 Å². The smallest absolute Gasteiger partial charge is 0.251 e. The van der Waals surface area contributed by atoms with E-state index < -0.39 is 0 Å². The fourth-order valence-electron chi connectivity index (χ4n) is 5.62. The molecule has 0 aromatic carbocycles. The topological polar surface area (TPSA) is 69.5 Å². The second kappa shape index (κ2) is 11.1. The van der Waals surface area contributed by atoms with Gasteiger partial charge in [0.15, 0.2) is 0 Å². The van der Waals surface area contributed by atoms with Crippen LogP contribution in [0.4, 0.5) is 5.82 Å². The van der Waals surface area contributed by atoms with Crippen LogP contribution in [0.15, 0.2) is 47.7 Å². The molecule has 38 heavy (non-hydrogen) atoms. The van der Waals surface area contributed by atoms with E-state index in [1.54, 1.807) is 0 Å². The lowest BCUT2D eigenvalue weighted by molar-refractivity contribution is 0.270. The van der Waals surface area contributed by atoms with Crippen LogP contribution in [0.2, 0.25) is 0 Å². The highest BCUT2D eigenvalue weighted by molar-refractivity contribution is 5.72. The standard InChI is InChI=1S/C31H40N6O/c1-6-8-23-15-22(5)34-31(38)27(23)18-26-16-25(17-28-30(21(3)4)33-20-37(26)28)24-9-10-29(32-19-24)36-13-11-35(7-2)12-14-36/h9-10,15-17,19-21H,6-8,11-14,18H2,1-5H3,(H,34,38). The van der Waals surface area contributed by atoms with Crippen LogP contribution in [0, 0.1) is 6.92 Å². The zero-order valence-electron chi connectivity index (χ0n) is 23.4. The molecule has 0 amide bonds. The van der Waals surface area contributed by atoms with Gasteiger partial charge in [0, 0.05) is 61.3 Å². The summed E-state index contributed by atoms with van der Waals surface area (Å²) in [6, 6.07) is 10.9. The van der Waals surface area contributed by atoms with Gasteiger partial charge in [-0.1, -0.05) is 34.1 Å². The van der Waals surface area contributed by atoms with Crippen LogP contribution in [0.5, 0.6) is 0 Å². The first-order chi connectivity index (χ1) is 18.4. The predicted octanol–water partition coefficient (Wildman–Crippen LogP) is 5.20. The molecule has 0 atom stereocenters. The minimum Gasteiger partial charge on any atom is -0.354 e. The SMILES string of the molecule is CCCc1cc(C)[nH]c(=O)c1Cc1cc(-c2ccc(N3CCN(CC)CC3)nc2)cc2c(C(C)C)ncn12. The van der Waals surface area contributed by atoms with Crippen molar-refractivity contribution in [3.63, 3.8) is 0 Å². The summed E-state index contributed by atoms with van der Waals surface area (Å²) in [5.74, 6) is 1.33. The summed E-state index contributed by atoms with van der Waals surface area (Å²) in [6.45, 7) is 16.0. The normalized spacial score (nSPS) is 14.6. The van der Waals surface area contributed by atoms with E-state index in [-0.39, 0.29) is 5.56 Å². The number of hydrogen-bond donors (Lipinski definition) is 1. The fraction of sp³-hybridized carbons (Fsp3) is 0.452. The molecule has 0 spiro atoms. The van der Waals surface area contributed by atoms with Gasteiger partial charge < -0.3 is 19.2 Å². The molecule has 5 rings (SSSR count). The van der Waals surface area contributed by atoms with Crippen molar-refractivity contribution in [2.75, 3.05) is 37.6 Å². The van der Waals surface area contributed by atoms with Crippen molar-refractivity contribution in [1.82, 2.24) is 24.3 Å². The lowest BCUT2D eigenvalue weighted by Crippen LogP contribution is -2.46. The van der Waals surface area contributed by atoms with Crippen LogP contribution in [-0.2, 0) is 12.8 Å². The second-order valence-corrected chi connectivity index (χ2v) is 10.8. The molecule has 4 aromatic rings.